The largest absolute Gasteiger partial charge is 0.459 e. The Kier molecular flexibility index (Phi) is 5.91. The Balaban J connectivity index is 1.85. The van der Waals surface area contributed by atoms with Crippen molar-refractivity contribution < 1.29 is 28.5 Å². The van der Waals surface area contributed by atoms with Gasteiger partial charge >= 0.3 is 11.9 Å². The molecule has 120 valence electrons. The quantitative estimate of drug-likeness (QED) is 0.748. The number of esters is 2. The van der Waals surface area contributed by atoms with Crippen molar-refractivity contribution in [2.75, 3.05) is 13.2 Å². The lowest BCUT2D eigenvalue weighted by Crippen LogP contribution is -2.29. The third kappa shape index (κ3) is 4.54. The summed E-state index contributed by atoms with van der Waals surface area (Å²) in [6.45, 7) is 3.75. The summed E-state index contributed by atoms with van der Waals surface area (Å²) in [5.74, 6) is -0.843. The van der Waals surface area contributed by atoms with E-state index in [2.05, 4.69) is 0 Å². The van der Waals surface area contributed by atoms with Crippen LogP contribution in [0.3, 0.4) is 0 Å². The molecule has 0 aromatic heterocycles. The summed E-state index contributed by atoms with van der Waals surface area (Å²) >= 11 is 0. The van der Waals surface area contributed by atoms with Crippen LogP contribution in [0.25, 0.3) is 0 Å². The molecule has 1 fully saturated rings. The van der Waals surface area contributed by atoms with Crippen LogP contribution in [0.4, 0.5) is 0 Å². The first-order valence-corrected chi connectivity index (χ1v) is 7.26. The molecule has 1 aromatic rings. The van der Waals surface area contributed by atoms with E-state index < -0.39 is 18.2 Å². The Labute approximate surface area is 129 Å². The second-order valence-corrected chi connectivity index (χ2v) is 4.93. The molecule has 1 saturated heterocycles. The monoisotopic (exact) mass is 308 g/mol. The van der Waals surface area contributed by atoms with Crippen molar-refractivity contribution in [2.24, 2.45) is 0 Å². The molecule has 0 amide bonds. The molecule has 1 aliphatic heterocycles. The molecular formula is C16H20O6. The van der Waals surface area contributed by atoms with Gasteiger partial charge in [-0.05, 0) is 19.1 Å². The second kappa shape index (κ2) is 7.91. The first-order chi connectivity index (χ1) is 10.6. The van der Waals surface area contributed by atoms with Gasteiger partial charge < -0.3 is 18.9 Å². The van der Waals surface area contributed by atoms with Gasteiger partial charge in [-0.15, -0.1) is 0 Å². The van der Waals surface area contributed by atoms with Crippen LogP contribution >= 0.6 is 0 Å². The molecule has 1 aliphatic rings. The Morgan fingerprint density at radius 3 is 2.64 bits per heavy atom. The van der Waals surface area contributed by atoms with E-state index >= 15 is 0 Å². The minimum Gasteiger partial charge on any atom is -0.459 e. The third-order valence-corrected chi connectivity index (χ3v) is 3.20. The second-order valence-electron chi connectivity index (χ2n) is 4.93. The fourth-order valence-electron chi connectivity index (χ4n) is 2.26. The molecule has 3 atom stereocenters. The van der Waals surface area contributed by atoms with Gasteiger partial charge in [-0.25, -0.2) is 4.79 Å². The zero-order valence-corrected chi connectivity index (χ0v) is 12.7. The van der Waals surface area contributed by atoms with E-state index in [1.165, 1.54) is 6.92 Å². The summed E-state index contributed by atoms with van der Waals surface area (Å²) in [4.78, 5) is 22.9. The number of rotatable bonds is 6. The number of ether oxygens (including phenoxy) is 4. The summed E-state index contributed by atoms with van der Waals surface area (Å²) < 4.78 is 21.4. The van der Waals surface area contributed by atoms with Crippen LogP contribution in [0.15, 0.2) is 30.3 Å². The van der Waals surface area contributed by atoms with Crippen molar-refractivity contribution in [2.45, 2.75) is 38.8 Å². The first kappa shape index (κ1) is 16.5. The van der Waals surface area contributed by atoms with E-state index in [1.54, 1.807) is 24.3 Å². The van der Waals surface area contributed by atoms with Gasteiger partial charge in [-0.2, -0.15) is 0 Å². The van der Waals surface area contributed by atoms with E-state index in [-0.39, 0.29) is 18.8 Å². The highest BCUT2D eigenvalue weighted by Crippen LogP contribution is 2.25. The average molecular weight is 308 g/mol. The number of hydrogen-bond donors (Lipinski definition) is 0. The predicted octanol–water partition coefficient (Wildman–Crippen LogP) is 1.93. The van der Waals surface area contributed by atoms with Crippen molar-refractivity contribution in [3.63, 3.8) is 0 Å². The summed E-state index contributed by atoms with van der Waals surface area (Å²) in [6, 6.07) is 8.73. The van der Waals surface area contributed by atoms with E-state index in [4.69, 9.17) is 18.9 Å². The minimum atomic E-state index is -0.752. The summed E-state index contributed by atoms with van der Waals surface area (Å²) in [7, 11) is 0. The lowest BCUT2D eigenvalue weighted by molar-refractivity contribution is -0.192. The van der Waals surface area contributed by atoms with Crippen molar-refractivity contribution in [1.82, 2.24) is 0 Å². The Morgan fingerprint density at radius 2 is 2.00 bits per heavy atom. The van der Waals surface area contributed by atoms with Crippen LogP contribution in [0.2, 0.25) is 0 Å². The van der Waals surface area contributed by atoms with Crippen molar-refractivity contribution >= 4 is 11.9 Å². The molecule has 1 heterocycles. The van der Waals surface area contributed by atoms with Crippen LogP contribution in [0.5, 0.6) is 0 Å². The van der Waals surface area contributed by atoms with Crippen molar-refractivity contribution in [3.05, 3.63) is 35.9 Å². The molecule has 1 aromatic carbocycles. The molecule has 0 aliphatic carbocycles. The Hall–Kier alpha value is -1.92. The smallest absolute Gasteiger partial charge is 0.338 e. The van der Waals surface area contributed by atoms with Gasteiger partial charge in [0, 0.05) is 20.0 Å². The molecule has 0 saturated carbocycles. The van der Waals surface area contributed by atoms with Crippen LogP contribution in [0.1, 0.15) is 30.6 Å². The molecule has 6 nitrogen and oxygen atoms in total. The molecule has 0 N–H and O–H groups in total. The van der Waals surface area contributed by atoms with E-state index in [9.17, 15) is 9.59 Å². The molecule has 22 heavy (non-hydrogen) atoms. The lowest BCUT2D eigenvalue weighted by atomic mass is 10.2. The topological polar surface area (TPSA) is 71.1 Å². The van der Waals surface area contributed by atoms with E-state index in [0.717, 1.165) is 0 Å². The first-order valence-electron chi connectivity index (χ1n) is 7.26. The van der Waals surface area contributed by atoms with Crippen LogP contribution in [-0.4, -0.2) is 43.7 Å². The molecule has 0 spiro atoms. The maximum atomic E-state index is 11.9. The normalized spacial score (nSPS) is 24.0. The summed E-state index contributed by atoms with van der Waals surface area (Å²) in [5.41, 5.74) is 0.485. The van der Waals surface area contributed by atoms with E-state index in [1.807, 2.05) is 13.0 Å². The fraction of sp³-hybridized carbons (Fsp3) is 0.500. The molecule has 2 rings (SSSR count). The van der Waals surface area contributed by atoms with Gasteiger partial charge in [0.05, 0.1) is 11.7 Å². The number of benzene rings is 1. The van der Waals surface area contributed by atoms with Crippen molar-refractivity contribution in [1.29, 1.82) is 0 Å². The predicted molar refractivity (Wildman–Crippen MR) is 77.2 cm³/mol. The van der Waals surface area contributed by atoms with Gasteiger partial charge in [0.1, 0.15) is 12.7 Å². The Bertz CT molecular complexity index is 501. The lowest BCUT2D eigenvalue weighted by Gasteiger charge is -2.17. The number of carbonyl (C=O) groups excluding carboxylic acids is 2. The van der Waals surface area contributed by atoms with Crippen LogP contribution < -0.4 is 0 Å². The highest BCUT2D eigenvalue weighted by molar-refractivity contribution is 5.89. The van der Waals surface area contributed by atoms with Crippen LogP contribution in [0, 0.1) is 0 Å². The van der Waals surface area contributed by atoms with Crippen molar-refractivity contribution in [3.8, 4) is 0 Å². The highest BCUT2D eigenvalue weighted by Gasteiger charge is 2.38. The van der Waals surface area contributed by atoms with Crippen LogP contribution in [-0.2, 0) is 23.7 Å². The molecule has 6 heteroatoms. The highest BCUT2D eigenvalue weighted by atomic mass is 16.7. The SMILES string of the molecule is CCO[C@@H]1C[C@@H](COC(=O)c2ccccc2)O[C@H]1OC(C)=O. The number of hydrogen-bond acceptors (Lipinski definition) is 6. The maximum absolute atomic E-state index is 11.9. The molecule has 0 bridgehead atoms. The molecule has 0 radical (unpaired) electrons. The maximum Gasteiger partial charge on any atom is 0.338 e. The summed E-state index contributed by atoms with van der Waals surface area (Å²) in [5, 5.41) is 0. The summed E-state index contributed by atoms with van der Waals surface area (Å²) in [6.07, 6.45) is -0.936. The standard InChI is InChI=1S/C16H20O6/c1-3-19-14-9-13(22-16(14)21-11(2)17)10-20-15(18)12-7-5-4-6-8-12/h4-8,13-14,16H,3,9-10H2,1-2H3/t13-,14+,16+/m0/s1. The van der Waals surface area contributed by atoms with E-state index in [0.29, 0.717) is 18.6 Å². The van der Waals surface area contributed by atoms with Gasteiger partial charge in [0.2, 0.25) is 6.29 Å². The third-order valence-electron chi connectivity index (χ3n) is 3.20. The molecule has 0 unspecified atom stereocenters. The van der Waals surface area contributed by atoms with Gasteiger partial charge in [0.15, 0.2) is 0 Å². The molecular weight excluding hydrogens is 288 g/mol. The van der Waals surface area contributed by atoms with Gasteiger partial charge in [-0.3, -0.25) is 4.79 Å². The average Bonchev–Trinajstić information content (AvgIpc) is 2.87. The number of carbonyl (C=O) groups is 2. The Morgan fingerprint density at radius 1 is 1.27 bits per heavy atom. The minimum absolute atomic E-state index is 0.0923. The van der Waals surface area contributed by atoms with Gasteiger partial charge in [-0.1, -0.05) is 18.2 Å². The van der Waals surface area contributed by atoms with Gasteiger partial charge in [0.25, 0.3) is 0 Å². The zero-order valence-electron chi connectivity index (χ0n) is 12.7. The zero-order chi connectivity index (χ0) is 15.9. The fourth-order valence-corrected chi connectivity index (χ4v) is 2.26.